The van der Waals surface area contributed by atoms with E-state index in [0.29, 0.717) is 17.9 Å². The number of benzene rings is 1. The first kappa shape index (κ1) is 17.4. The molecule has 1 saturated carbocycles. The molecule has 4 nitrogen and oxygen atoms in total. The van der Waals surface area contributed by atoms with Gasteiger partial charge in [0, 0.05) is 36.4 Å². The number of rotatable bonds is 4. The van der Waals surface area contributed by atoms with Gasteiger partial charge in [-0.2, -0.15) is 0 Å². The summed E-state index contributed by atoms with van der Waals surface area (Å²) in [4.78, 5) is 7.02. The first-order chi connectivity index (χ1) is 11.6. The van der Waals surface area contributed by atoms with Crippen LogP contribution in [0.4, 0.5) is 5.69 Å². The highest BCUT2D eigenvalue weighted by Gasteiger charge is 2.23. The zero-order valence-corrected chi connectivity index (χ0v) is 15.4. The number of halogens is 1. The highest BCUT2D eigenvalue weighted by atomic mass is 35.5. The van der Waals surface area contributed by atoms with E-state index in [-0.39, 0.29) is 0 Å². The van der Waals surface area contributed by atoms with E-state index in [4.69, 9.17) is 17.3 Å². The lowest BCUT2D eigenvalue weighted by atomic mass is 9.96. The summed E-state index contributed by atoms with van der Waals surface area (Å²) in [6.07, 6.45) is 7.58. The number of aliphatic imine (C=N–C) groups is 1. The zero-order chi connectivity index (χ0) is 16.9. The van der Waals surface area contributed by atoms with Crippen molar-refractivity contribution in [2.45, 2.75) is 51.5 Å². The zero-order valence-electron chi connectivity index (χ0n) is 14.6. The highest BCUT2D eigenvalue weighted by molar-refractivity contribution is 6.30. The van der Waals surface area contributed by atoms with Gasteiger partial charge in [0.05, 0.1) is 0 Å². The second-order valence-corrected chi connectivity index (χ2v) is 7.67. The maximum Gasteiger partial charge on any atom is 0.188 e. The van der Waals surface area contributed by atoms with Crippen molar-refractivity contribution >= 4 is 23.2 Å². The molecule has 0 spiro atoms. The van der Waals surface area contributed by atoms with Crippen molar-refractivity contribution in [1.29, 1.82) is 0 Å². The molecule has 0 radical (unpaired) electrons. The van der Waals surface area contributed by atoms with E-state index in [0.717, 1.165) is 31.1 Å². The number of hydrogen-bond donors (Lipinski definition) is 2. The van der Waals surface area contributed by atoms with Crippen LogP contribution >= 0.6 is 11.6 Å². The third-order valence-corrected chi connectivity index (χ3v) is 5.51. The SMILES string of the molecule is Cc1ccc(Cl)cc1N1CCC(CN=C(N)NC2CCCCC2)C1. The Labute approximate surface area is 150 Å². The quantitative estimate of drug-likeness (QED) is 0.644. The summed E-state index contributed by atoms with van der Waals surface area (Å²) in [5, 5.41) is 4.20. The van der Waals surface area contributed by atoms with Gasteiger partial charge in [-0.1, -0.05) is 36.9 Å². The van der Waals surface area contributed by atoms with Gasteiger partial charge in [0.15, 0.2) is 5.96 Å². The molecular weight excluding hydrogens is 320 g/mol. The van der Waals surface area contributed by atoms with Gasteiger partial charge < -0.3 is 16.0 Å². The number of nitrogens with zero attached hydrogens (tertiary/aromatic N) is 2. The van der Waals surface area contributed by atoms with E-state index in [1.54, 1.807) is 0 Å². The molecule has 1 heterocycles. The molecule has 1 atom stereocenters. The van der Waals surface area contributed by atoms with Gasteiger partial charge in [-0.15, -0.1) is 0 Å². The van der Waals surface area contributed by atoms with Crippen LogP contribution in [-0.4, -0.2) is 31.6 Å². The molecule has 1 aliphatic carbocycles. The second-order valence-electron chi connectivity index (χ2n) is 7.24. The molecule has 1 aromatic rings. The molecule has 2 aliphatic rings. The molecule has 0 aromatic heterocycles. The maximum atomic E-state index is 6.15. The fraction of sp³-hybridized carbons (Fsp3) is 0.632. The van der Waals surface area contributed by atoms with Crippen LogP contribution in [0.2, 0.25) is 5.02 Å². The van der Waals surface area contributed by atoms with Crippen LogP contribution in [0.3, 0.4) is 0 Å². The number of nitrogens with two attached hydrogens (primary N) is 1. The molecule has 0 bridgehead atoms. The fourth-order valence-corrected chi connectivity index (χ4v) is 4.02. The third-order valence-electron chi connectivity index (χ3n) is 5.27. The van der Waals surface area contributed by atoms with Gasteiger partial charge in [-0.3, -0.25) is 4.99 Å². The monoisotopic (exact) mass is 348 g/mol. The Bertz CT molecular complexity index is 581. The molecule has 5 heteroatoms. The molecule has 24 heavy (non-hydrogen) atoms. The van der Waals surface area contributed by atoms with Gasteiger partial charge in [-0.25, -0.2) is 0 Å². The largest absolute Gasteiger partial charge is 0.371 e. The lowest BCUT2D eigenvalue weighted by molar-refractivity contribution is 0.412. The Hall–Kier alpha value is -1.42. The topological polar surface area (TPSA) is 53.6 Å². The minimum absolute atomic E-state index is 0.525. The minimum atomic E-state index is 0.525. The summed E-state index contributed by atoms with van der Waals surface area (Å²) in [6, 6.07) is 6.64. The fourth-order valence-electron chi connectivity index (χ4n) is 3.85. The predicted molar refractivity (Wildman–Crippen MR) is 103 cm³/mol. The average Bonchev–Trinajstić information content (AvgIpc) is 3.05. The summed E-state index contributed by atoms with van der Waals surface area (Å²) in [6.45, 7) is 5.05. The summed E-state index contributed by atoms with van der Waals surface area (Å²) in [5.41, 5.74) is 8.61. The molecule has 132 valence electrons. The Morgan fingerprint density at radius 2 is 2.08 bits per heavy atom. The van der Waals surface area contributed by atoms with Gasteiger partial charge in [-0.05, 0) is 49.8 Å². The van der Waals surface area contributed by atoms with E-state index in [9.17, 15) is 0 Å². The third kappa shape index (κ3) is 4.56. The Morgan fingerprint density at radius 1 is 1.29 bits per heavy atom. The molecule has 0 amide bonds. The van der Waals surface area contributed by atoms with E-state index in [2.05, 4.69) is 34.3 Å². The maximum absolute atomic E-state index is 6.15. The van der Waals surface area contributed by atoms with Crippen molar-refractivity contribution in [2.75, 3.05) is 24.5 Å². The Kier molecular flexibility index (Phi) is 5.88. The van der Waals surface area contributed by atoms with E-state index >= 15 is 0 Å². The molecule has 2 fully saturated rings. The number of guanidine groups is 1. The van der Waals surface area contributed by atoms with Crippen LogP contribution in [0.1, 0.15) is 44.1 Å². The van der Waals surface area contributed by atoms with Crippen LogP contribution in [-0.2, 0) is 0 Å². The van der Waals surface area contributed by atoms with Crippen LogP contribution in [0.25, 0.3) is 0 Å². The van der Waals surface area contributed by atoms with Crippen LogP contribution < -0.4 is 16.0 Å². The number of nitrogens with one attached hydrogen (secondary N) is 1. The average molecular weight is 349 g/mol. The molecule has 3 rings (SSSR count). The minimum Gasteiger partial charge on any atom is -0.371 e. The van der Waals surface area contributed by atoms with E-state index in [1.165, 1.54) is 43.4 Å². The number of aryl methyl sites for hydroxylation is 1. The summed E-state index contributed by atoms with van der Waals surface area (Å²) >= 11 is 6.15. The van der Waals surface area contributed by atoms with Crippen LogP contribution in [0, 0.1) is 12.8 Å². The van der Waals surface area contributed by atoms with Crippen molar-refractivity contribution in [3.63, 3.8) is 0 Å². The van der Waals surface area contributed by atoms with Crippen molar-refractivity contribution in [2.24, 2.45) is 16.6 Å². The van der Waals surface area contributed by atoms with Crippen molar-refractivity contribution in [3.8, 4) is 0 Å². The van der Waals surface area contributed by atoms with Crippen LogP contribution in [0.5, 0.6) is 0 Å². The second kappa shape index (κ2) is 8.11. The number of hydrogen-bond acceptors (Lipinski definition) is 2. The van der Waals surface area contributed by atoms with Crippen molar-refractivity contribution < 1.29 is 0 Å². The molecule has 1 aromatic carbocycles. The van der Waals surface area contributed by atoms with E-state index < -0.39 is 0 Å². The van der Waals surface area contributed by atoms with Gasteiger partial charge in [0.25, 0.3) is 0 Å². The molecule has 1 aliphatic heterocycles. The lowest BCUT2D eigenvalue weighted by Gasteiger charge is -2.23. The van der Waals surface area contributed by atoms with Crippen molar-refractivity contribution in [3.05, 3.63) is 28.8 Å². The van der Waals surface area contributed by atoms with Gasteiger partial charge in [0.1, 0.15) is 0 Å². The van der Waals surface area contributed by atoms with Crippen LogP contribution in [0.15, 0.2) is 23.2 Å². The van der Waals surface area contributed by atoms with Gasteiger partial charge in [0.2, 0.25) is 0 Å². The summed E-state index contributed by atoms with van der Waals surface area (Å²) in [5.74, 6) is 1.19. The summed E-state index contributed by atoms with van der Waals surface area (Å²) in [7, 11) is 0. The lowest BCUT2D eigenvalue weighted by Crippen LogP contribution is -2.41. The molecule has 1 saturated heterocycles. The Balaban J connectivity index is 1.50. The predicted octanol–water partition coefficient (Wildman–Crippen LogP) is 3.71. The Morgan fingerprint density at radius 3 is 2.88 bits per heavy atom. The first-order valence-corrected chi connectivity index (χ1v) is 9.57. The first-order valence-electron chi connectivity index (χ1n) is 9.19. The summed E-state index contributed by atoms with van der Waals surface area (Å²) < 4.78 is 0. The standard InChI is InChI=1S/C19H29ClN4/c1-14-7-8-16(20)11-18(14)24-10-9-15(13-24)12-22-19(21)23-17-5-3-2-4-6-17/h7-8,11,15,17H,2-6,9-10,12-13H2,1H3,(H3,21,22,23). The molecule has 3 N–H and O–H groups in total. The normalized spacial score (nSPS) is 22.8. The molecule has 1 unspecified atom stereocenters. The highest BCUT2D eigenvalue weighted by Crippen LogP contribution is 2.29. The number of anilines is 1. The van der Waals surface area contributed by atoms with E-state index in [1.807, 2.05) is 6.07 Å². The smallest absolute Gasteiger partial charge is 0.188 e. The van der Waals surface area contributed by atoms with Crippen molar-refractivity contribution in [1.82, 2.24) is 5.32 Å². The molecular formula is C19H29ClN4. The van der Waals surface area contributed by atoms with Gasteiger partial charge >= 0.3 is 0 Å².